The first-order valence-corrected chi connectivity index (χ1v) is 7.16. The molecule has 3 atom stereocenters. The van der Waals surface area contributed by atoms with Gasteiger partial charge in [0, 0.05) is 19.3 Å². The summed E-state index contributed by atoms with van der Waals surface area (Å²) in [4.78, 5) is 0. The van der Waals surface area contributed by atoms with Crippen LogP contribution in [-0.4, -0.2) is 13.2 Å². The number of hydrogen-bond acceptors (Lipinski definition) is 3. The monoisotopic (exact) mass is 262 g/mol. The van der Waals surface area contributed by atoms with Crippen LogP contribution in [-0.2, 0) is 4.74 Å². The fraction of sp³-hybridized carbons (Fsp3) is 0.625. The molecule has 19 heavy (non-hydrogen) atoms. The summed E-state index contributed by atoms with van der Waals surface area (Å²) in [5.41, 5.74) is 8.39. The molecule has 1 aromatic carbocycles. The molecule has 1 fully saturated rings. The summed E-state index contributed by atoms with van der Waals surface area (Å²) < 4.78 is 5.55. The molecule has 106 valence electrons. The highest BCUT2D eigenvalue weighted by Gasteiger charge is 2.31. The maximum absolute atomic E-state index is 5.86. The van der Waals surface area contributed by atoms with Crippen molar-refractivity contribution in [2.24, 2.45) is 17.7 Å². The molecule has 1 heterocycles. The average Bonchev–Trinajstić information content (AvgIpc) is 2.38. The minimum atomic E-state index is 0.221. The Morgan fingerprint density at radius 1 is 1.21 bits per heavy atom. The maximum Gasteiger partial charge on any atom is 0.0495 e. The number of rotatable bonds is 3. The lowest BCUT2D eigenvalue weighted by atomic mass is 9.79. The van der Waals surface area contributed by atoms with Gasteiger partial charge in [-0.15, -0.1) is 0 Å². The van der Waals surface area contributed by atoms with Gasteiger partial charge < -0.3 is 4.74 Å². The average molecular weight is 262 g/mol. The van der Waals surface area contributed by atoms with Crippen LogP contribution in [0.25, 0.3) is 0 Å². The van der Waals surface area contributed by atoms with Gasteiger partial charge in [-0.3, -0.25) is 11.3 Å². The summed E-state index contributed by atoms with van der Waals surface area (Å²) in [5.74, 6) is 6.94. The van der Waals surface area contributed by atoms with E-state index in [0.717, 1.165) is 19.6 Å². The van der Waals surface area contributed by atoms with Gasteiger partial charge in [0.25, 0.3) is 0 Å². The largest absolute Gasteiger partial charge is 0.381 e. The van der Waals surface area contributed by atoms with Gasteiger partial charge in [0.05, 0.1) is 0 Å². The van der Waals surface area contributed by atoms with Gasteiger partial charge in [0.2, 0.25) is 0 Å². The van der Waals surface area contributed by atoms with E-state index < -0.39 is 0 Å². The Kier molecular flexibility index (Phi) is 4.61. The van der Waals surface area contributed by atoms with Gasteiger partial charge in [-0.25, -0.2) is 0 Å². The Hall–Kier alpha value is -0.900. The summed E-state index contributed by atoms with van der Waals surface area (Å²) in [7, 11) is 0. The third-order valence-electron chi connectivity index (χ3n) is 4.53. The smallest absolute Gasteiger partial charge is 0.0495 e. The normalized spacial score (nSPS) is 25.3. The van der Waals surface area contributed by atoms with Crippen LogP contribution >= 0.6 is 0 Å². The van der Waals surface area contributed by atoms with E-state index in [1.54, 1.807) is 0 Å². The lowest BCUT2D eigenvalue weighted by molar-refractivity contribution is 0.0105. The Bertz CT molecular complexity index is 445. The lowest BCUT2D eigenvalue weighted by Crippen LogP contribution is -2.40. The van der Waals surface area contributed by atoms with Crippen molar-refractivity contribution in [3.8, 4) is 0 Å². The van der Waals surface area contributed by atoms with Crippen molar-refractivity contribution in [3.63, 3.8) is 0 Å². The molecule has 0 saturated carbocycles. The third kappa shape index (κ3) is 2.99. The van der Waals surface area contributed by atoms with Crippen LogP contribution in [0, 0.1) is 32.6 Å². The molecule has 1 aliphatic heterocycles. The molecule has 3 unspecified atom stereocenters. The fourth-order valence-electron chi connectivity index (χ4n) is 3.15. The molecule has 3 N–H and O–H groups in total. The number of ether oxygens (including phenoxy) is 1. The van der Waals surface area contributed by atoms with E-state index in [1.165, 1.54) is 22.3 Å². The number of aryl methyl sites for hydroxylation is 3. The second-order valence-corrected chi connectivity index (χ2v) is 5.94. The Balaban J connectivity index is 2.33. The molecule has 0 bridgehead atoms. The molecular weight excluding hydrogens is 236 g/mol. The number of hydrogen-bond donors (Lipinski definition) is 2. The fourth-order valence-corrected chi connectivity index (χ4v) is 3.15. The first-order valence-electron chi connectivity index (χ1n) is 7.16. The second-order valence-electron chi connectivity index (χ2n) is 5.94. The van der Waals surface area contributed by atoms with E-state index in [2.05, 4.69) is 45.3 Å². The van der Waals surface area contributed by atoms with Crippen molar-refractivity contribution >= 4 is 0 Å². The van der Waals surface area contributed by atoms with Crippen molar-refractivity contribution in [3.05, 3.63) is 34.4 Å². The van der Waals surface area contributed by atoms with Crippen LogP contribution in [0.5, 0.6) is 0 Å². The molecule has 0 radical (unpaired) electrons. The topological polar surface area (TPSA) is 47.3 Å². The summed E-state index contributed by atoms with van der Waals surface area (Å²) in [6, 6.07) is 4.77. The quantitative estimate of drug-likeness (QED) is 0.650. The standard InChI is InChI=1S/C16H26N2O/c1-10-7-12(3)15(8-11(10)2)16(18-17)14-5-6-19-9-13(14)4/h7-8,13-14,16,18H,5-6,9,17H2,1-4H3. The lowest BCUT2D eigenvalue weighted by Gasteiger charge is -2.36. The van der Waals surface area contributed by atoms with Gasteiger partial charge in [-0.1, -0.05) is 19.1 Å². The summed E-state index contributed by atoms with van der Waals surface area (Å²) in [6.45, 7) is 10.4. The van der Waals surface area contributed by atoms with Crippen molar-refractivity contribution in [1.29, 1.82) is 0 Å². The Labute approximate surface area is 116 Å². The highest BCUT2D eigenvalue weighted by Crippen LogP contribution is 2.35. The number of nitrogens with two attached hydrogens (primary N) is 1. The number of benzene rings is 1. The maximum atomic E-state index is 5.86. The molecule has 1 saturated heterocycles. The zero-order valence-electron chi connectivity index (χ0n) is 12.5. The number of hydrazine groups is 1. The number of nitrogens with one attached hydrogen (secondary N) is 1. The van der Waals surface area contributed by atoms with Crippen LogP contribution in [0.3, 0.4) is 0 Å². The highest BCUT2D eigenvalue weighted by atomic mass is 16.5. The predicted octanol–water partition coefficient (Wildman–Crippen LogP) is 2.79. The van der Waals surface area contributed by atoms with E-state index in [9.17, 15) is 0 Å². The zero-order chi connectivity index (χ0) is 14.0. The van der Waals surface area contributed by atoms with Crippen LogP contribution in [0.2, 0.25) is 0 Å². The van der Waals surface area contributed by atoms with Gasteiger partial charge in [0.15, 0.2) is 0 Å². The van der Waals surface area contributed by atoms with Gasteiger partial charge in [-0.2, -0.15) is 0 Å². The Morgan fingerprint density at radius 2 is 1.89 bits per heavy atom. The van der Waals surface area contributed by atoms with Crippen molar-refractivity contribution in [2.45, 2.75) is 40.2 Å². The van der Waals surface area contributed by atoms with E-state index in [-0.39, 0.29) is 6.04 Å². The van der Waals surface area contributed by atoms with E-state index in [1.807, 2.05) is 0 Å². The van der Waals surface area contributed by atoms with E-state index in [0.29, 0.717) is 11.8 Å². The first-order chi connectivity index (χ1) is 9.04. The van der Waals surface area contributed by atoms with E-state index in [4.69, 9.17) is 10.6 Å². The molecule has 3 heteroatoms. The van der Waals surface area contributed by atoms with Crippen LogP contribution in [0.1, 0.15) is 41.6 Å². The molecule has 2 rings (SSSR count). The molecule has 1 aliphatic rings. The minimum Gasteiger partial charge on any atom is -0.381 e. The van der Waals surface area contributed by atoms with Crippen molar-refractivity contribution in [1.82, 2.24) is 5.43 Å². The molecule has 0 aliphatic carbocycles. The Morgan fingerprint density at radius 3 is 2.53 bits per heavy atom. The molecule has 1 aromatic rings. The molecular formula is C16H26N2O. The van der Waals surface area contributed by atoms with Crippen LogP contribution < -0.4 is 11.3 Å². The predicted molar refractivity (Wildman–Crippen MR) is 78.8 cm³/mol. The molecule has 3 nitrogen and oxygen atoms in total. The van der Waals surface area contributed by atoms with Crippen LogP contribution in [0.4, 0.5) is 0 Å². The van der Waals surface area contributed by atoms with Crippen LogP contribution in [0.15, 0.2) is 12.1 Å². The van der Waals surface area contributed by atoms with Gasteiger partial charge in [0.1, 0.15) is 0 Å². The van der Waals surface area contributed by atoms with E-state index >= 15 is 0 Å². The zero-order valence-corrected chi connectivity index (χ0v) is 12.5. The summed E-state index contributed by atoms with van der Waals surface area (Å²) in [5, 5.41) is 0. The van der Waals surface area contributed by atoms with Gasteiger partial charge in [-0.05, 0) is 61.3 Å². The molecule has 0 aromatic heterocycles. The highest BCUT2D eigenvalue weighted by molar-refractivity contribution is 5.38. The minimum absolute atomic E-state index is 0.221. The SMILES string of the molecule is Cc1cc(C)c(C(NN)C2CCOCC2C)cc1C. The van der Waals surface area contributed by atoms with Crippen molar-refractivity contribution in [2.75, 3.05) is 13.2 Å². The third-order valence-corrected chi connectivity index (χ3v) is 4.53. The molecule has 0 spiro atoms. The molecule has 0 amide bonds. The van der Waals surface area contributed by atoms with Gasteiger partial charge >= 0.3 is 0 Å². The summed E-state index contributed by atoms with van der Waals surface area (Å²) >= 11 is 0. The second kappa shape index (κ2) is 6.04. The first kappa shape index (κ1) is 14.5. The van der Waals surface area contributed by atoms with Crippen molar-refractivity contribution < 1.29 is 4.74 Å². The summed E-state index contributed by atoms with van der Waals surface area (Å²) in [6.07, 6.45) is 1.07.